The van der Waals surface area contributed by atoms with Crippen molar-refractivity contribution in [3.05, 3.63) is 24.3 Å². The molecular weight excluding hydrogens is 256 g/mol. The molecule has 4 nitrogen and oxygen atoms in total. The summed E-state index contributed by atoms with van der Waals surface area (Å²) >= 11 is 0. The number of rotatable bonds is 8. The molecule has 0 aliphatic carbocycles. The third-order valence-corrected chi connectivity index (χ3v) is 2.45. The summed E-state index contributed by atoms with van der Waals surface area (Å²) in [5, 5.41) is 27.5. The second-order valence-corrected chi connectivity index (χ2v) is 5.03. The van der Waals surface area contributed by atoms with Crippen molar-refractivity contribution < 1.29 is 20.1 Å². The van der Waals surface area contributed by atoms with Gasteiger partial charge in [0.25, 0.3) is 0 Å². The fraction of sp³-hybridized carbons (Fsp3) is 0.562. The van der Waals surface area contributed by atoms with Gasteiger partial charge in [0.2, 0.25) is 0 Å². The van der Waals surface area contributed by atoms with Crippen LogP contribution < -0.4 is 0 Å². The molecule has 0 saturated carbocycles. The zero-order valence-corrected chi connectivity index (χ0v) is 12.1. The molecule has 0 aromatic heterocycles. The highest BCUT2D eigenvalue weighted by Crippen LogP contribution is 2.05. The van der Waals surface area contributed by atoms with Gasteiger partial charge >= 0.3 is 5.97 Å². The maximum atomic E-state index is 10.3. The number of aliphatic hydroxyl groups is 2. The van der Waals surface area contributed by atoms with E-state index in [-0.39, 0.29) is 6.42 Å². The zero-order chi connectivity index (χ0) is 15.4. The Kier molecular flexibility index (Phi) is 10.4. The van der Waals surface area contributed by atoms with E-state index < -0.39 is 18.2 Å². The van der Waals surface area contributed by atoms with Crippen LogP contribution >= 0.6 is 0 Å². The van der Waals surface area contributed by atoms with Gasteiger partial charge in [-0.15, -0.1) is 0 Å². The Labute approximate surface area is 120 Å². The molecule has 3 N–H and O–H groups in total. The van der Waals surface area contributed by atoms with E-state index in [2.05, 4.69) is 11.8 Å². The van der Waals surface area contributed by atoms with Gasteiger partial charge in [0.05, 0.1) is 6.10 Å². The van der Waals surface area contributed by atoms with Crippen LogP contribution in [0.2, 0.25) is 0 Å². The summed E-state index contributed by atoms with van der Waals surface area (Å²) in [5.41, 5.74) is 0. The topological polar surface area (TPSA) is 77.8 Å². The zero-order valence-electron chi connectivity index (χ0n) is 12.1. The van der Waals surface area contributed by atoms with Gasteiger partial charge in [-0.2, -0.15) is 0 Å². The van der Waals surface area contributed by atoms with E-state index in [9.17, 15) is 15.0 Å². The van der Waals surface area contributed by atoms with Crippen molar-refractivity contribution in [2.24, 2.45) is 5.92 Å². The van der Waals surface area contributed by atoms with E-state index in [0.717, 1.165) is 6.42 Å². The van der Waals surface area contributed by atoms with Crippen molar-refractivity contribution in [2.45, 2.75) is 51.7 Å². The Hall–Kier alpha value is -1.57. The highest BCUT2D eigenvalue weighted by molar-refractivity contribution is 5.66. The Morgan fingerprint density at radius 3 is 2.55 bits per heavy atom. The first-order valence-corrected chi connectivity index (χ1v) is 6.84. The van der Waals surface area contributed by atoms with Crippen molar-refractivity contribution in [2.75, 3.05) is 0 Å². The fourth-order valence-corrected chi connectivity index (χ4v) is 1.52. The molecule has 0 aliphatic rings. The van der Waals surface area contributed by atoms with E-state index in [1.807, 2.05) is 13.8 Å². The minimum Gasteiger partial charge on any atom is -0.481 e. The molecule has 0 heterocycles. The summed E-state index contributed by atoms with van der Waals surface area (Å²) in [6.45, 7) is 4.09. The third-order valence-electron chi connectivity index (χ3n) is 2.45. The van der Waals surface area contributed by atoms with E-state index in [0.29, 0.717) is 18.8 Å². The summed E-state index contributed by atoms with van der Waals surface area (Å²) in [5.74, 6) is 4.86. The van der Waals surface area contributed by atoms with Crippen LogP contribution in [0.5, 0.6) is 0 Å². The number of carbonyl (C=O) groups is 1. The molecule has 0 amide bonds. The second kappa shape index (κ2) is 11.3. The average molecular weight is 280 g/mol. The second-order valence-electron chi connectivity index (χ2n) is 5.03. The Morgan fingerprint density at radius 1 is 1.25 bits per heavy atom. The summed E-state index contributed by atoms with van der Waals surface area (Å²) in [6.07, 6.45) is 6.98. The van der Waals surface area contributed by atoms with Crippen LogP contribution in [0.15, 0.2) is 24.3 Å². The predicted octanol–water partition coefficient (Wildman–Crippen LogP) is 2.12. The van der Waals surface area contributed by atoms with E-state index in [1.165, 1.54) is 0 Å². The molecule has 0 aliphatic heterocycles. The van der Waals surface area contributed by atoms with E-state index >= 15 is 0 Å². The first-order chi connectivity index (χ1) is 9.41. The fourth-order valence-electron chi connectivity index (χ4n) is 1.52. The van der Waals surface area contributed by atoms with Gasteiger partial charge in [-0.3, -0.25) is 4.79 Å². The number of hydrogen-bond donors (Lipinski definition) is 3. The maximum absolute atomic E-state index is 10.3. The van der Waals surface area contributed by atoms with Crippen LogP contribution in [0.4, 0.5) is 0 Å². The quantitative estimate of drug-likeness (QED) is 0.470. The Balaban J connectivity index is 3.91. The minimum atomic E-state index is -0.866. The molecule has 112 valence electrons. The molecule has 0 spiro atoms. The summed E-state index contributed by atoms with van der Waals surface area (Å²) in [4.78, 5) is 10.3. The van der Waals surface area contributed by atoms with Gasteiger partial charge in [-0.1, -0.05) is 43.9 Å². The van der Waals surface area contributed by atoms with E-state index in [4.69, 9.17) is 5.11 Å². The van der Waals surface area contributed by atoms with Gasteiger partial charge in [0.1, 0.15) is 6.10 Å². The van der Waals surface area contributed by atoms with Gasteiger partial charge in [-0.05, 0) is 31.3 Å². The molecule has 2 atom stereocenters. The van der Waals surface area contributed by atoms with Crippen LogP contribution in [0.1, 0.15) is 39.5 Å². The number of aliphatic carboxylic acids is 1. The van der Waals surface area contributed by atoms with Crippen molar-refractivity contribution in [1.82, 2.24) is 0 Å². The molecule has 0 aromatic carbocycles. The highest BCUT2D eigenvalue weighted by Gasteiger charge is 2.02. The molecule has 4 heteroatoms. The molecule has 0 saturated heterocycles. The van der Waals surface area contributed by atoms with Gasteiger partial charge < -0.3 is 15.3 Å². The lowest BCUT2D eigenvalue weighted by Crippen LogP contribution is -2.05. The highest BCUT2D eigenvalue weighted by atomic mass is 16.4. The van der Waals surface area contributed by atoms with Crippen LogP contribution in [0.3, 0.4) is 0 Å². The first-order valence-electron chi connectivity index (χ1n) is 6.84. The summed E-state index contributed by atoms with van der Waals surface area (Å²) in [7, 11) is 0. The average Bonchev–Trinajstić information content (AvgIpc) is 2.32. The van der Waals surface area contributed by atoms with Crippen molar-refractivity contribution >= 4 is 5.97 Å². The van der Waals surface area contributed by atoms with Gasteiger partial charge in [0, 0.05) is 6.42 Å². The van der Waals surface area contributed by atoms with Crippen molar-refractivity contribution in [3.63, 3.8) is 0 Å². The van der Waals surface area contributed by atoms with E-state index in [1.54, 1.807) is 24.3 Å². The smallest absolute Gasteiger partial charge is 0.303 e. The van der Waals surface area contributed by atoms with Crippen LogP contribution in [-0.4, -0.2) is 33.5 Å². The molecule has 0 radical (unpaired) electrons. The normalized spacial score (nSPS) is 14.4. The standard InChI is InChI=1S/C16H24O4/c1-13(2)12-15(18)9-6-4-3-5-8-14(17)10-7-11-16(19)20/h3-4,6,9,13-15,17-18H,7,10-12H2,1-2H3,(H,19,20)/b4-3+,9-6+. The lowest BCUT2D eigenvalue weighted by Gasteiger charge is -2.06. The Morgan fingerprint density at radius 2 is 1.95 bits per heavy atom. The first kappa shape index (κ1) is 18.4. The third kappa shape index (κ3) is 12.9. The van der Waals surface area contributed by atoms with Crippen molar-refractivity contribution in [3.8, 4) is 11.8 Å². The number of hydrogen-bond acceptors (Lipinski definition) is 3. The van der Waals surface area contributed by atoms with Crippen molar-refractivity contribution in [1.29, 1.82) is 0 Å². The number of carboxylic acids is 1. The molecule has 0 fully saturated rings. The number of aliphatic hydroxyl groups excluding tert-OH is 2. The largest absolute Gasteiger partial charge is 0.481 e. The van der Waals surface area contributed by atoms with Crippen LogP contribution in [0, 0.1) is 17.8 Å². The SMILES string of the molecule is CC(C)CC(O)/C=C/C=C/C#CC(O)CCCC(=O)O. The molecule has 0 bridgehead atoms. The van der Waals surface area contributed by atoms with Gasteiger partial charge in [0.15, 0.2) is 0 Å². The minimum absolute atomic E-state index is 0.0467. The van der Waals surface area contributed by atoms with Crippen LogP contribution in [-0.2, 0) is 4.79 Å². The predicted molar refractivity (Wildman–Crippen MR) is 79.0 cm³/mol. The molecular formula is C16H24O4. The molecule has 0 rings (SSSR count). The molecule has 20 heavy (non-hydrogen) atoms. The summed E-state index contributed by atoms with van der Waals surface area (Å²) < 4.78 is 0. The van der Waals surface area contributed by atoms with Crippen LogP contribution in [0.25, 0.3) is 0 Å². The lowest BCUT2D eigenvalue weighted by atomic mass is 10.1. The molecule has 2 unspecified atom stereocenters. The number of carboxylic acid groups (broad SMARTS) is 1. The molecule has 0 aromatic rings. The van der Waals surface area contributed by atoms with Gasteiger partial charge in [-0.25, -0.2) is 0 Å². The monoisotopic (exact) mass is 280 g/mol. The number of allylic oxidation sites excluding steroid dienone is 3. The summed E-state index contributed by atoms with van der Waals surface area (Å²) in [6, 6.07) is 0. The Bertz CT molecular complexity index is 385. The maximum Gasteiger partial charge on any atom is 0.303 e. The lowest BCUT2D eigenvalue weighted by molar-refractivity contribution is -0.137.